The van der Waals surface area contributed by atoms with Crippen molar-refractivity contribution < 1.29 is 8.78 Å². The Kier molecular flexibility index (Phi) is 2.80. The maximum atomic E-state index is 13.2. The van der Waals surface area contributed by atoms with Crippen molar-refractivity contribution in [3.63, 3.8) is 0 Å². The van der Waals surface area contributed by atoms with Gasteiger partial charge in [-0.2, -0.15) is 0 Å². The molecule has 0 bridgehead atoms. The topological polar surface area (TPSA) is 42.7 Å². The highest BCUT2D eigenvalue weighted by Crippen LogP contribution is 2.15. The van der Waals surface area contributed by atoms with Crippen LogP contribution in [0.2, 0.25) is 0 Å². The van der Waals surface area contributed by atoms with Gasteiger partial charge in [0.2, 0.25) is 0 Å². The lowest BCUT2D eigenvalue weighted by molar-refractivity contribution is 0.602. The summed E-state index contributed by atoms with van der Waals surface area (Å²) in [6, 6.07) is 3.25. The molecular weight excluding hydrogens is 214 g/mol. The van der Waals surface area contributed by atoms with Gasteiger partial charge in [-0.3, -0.25) is 4.68 Å². The number of nitrogens with one attached hydrogen (secondary N) is 1. The van der Waals surface area contributed by atoms with Crippen LogP contribution in [0.15, 0.2) is 24.4 Å². The van der Waals surface area contributed by atoms with Gasteiger partial charge in [-0.1, -0.05) is 5.21 Å². The molecule has 1 aromatic carbocycles. The Labute approximate surface area is 90.9 Å². The van der Waals surface area contributed by atoms with E-state index < -0.39 is 11.6 Å². The quantitative estimate of drug-likeness (QED) is 0.863. The molecule has 0 aliphatic rings. The first-order valence-electron chi connectivity index (χ1n) is 4.69. The van der Waals surface area contributed by atoms with Crippen LogP contribution in [-0.2, 0) is 13.6 Å². The fraction of sp³-hybridized carbons (Fsp3) is 0.200. The van der Waals surface area contributed by atoms with Gasteiger partial charge in [-0.05, 0) is 18.2 Å². The van der Waals surface area contributed by atoms with Crippen molar-refractivity contribution in [1.29, 1.82) is 0 Å². The zero-order valence-corrected chi connectivity index (χ0v) is 8.61. The van der Waals surface area contributed by atoms with E-state index in [-0.39, 0.29) is 5.69 Å². The molecule has 0 aliphatic carbocycles. The molecule has 84 valence electrons. The van der Waals surface area contributed by atoms with Gasteiger partial charge in [-0.25, -0.2) is 8.78 Å². The highest BCUT2D eigenvalue weighted by Gasteiger charge is 2.04. The summed E-state index contributed by atoms with van der Waals surface area (Å²) in [7, 11) is 1.74. The summed E-state index contributed by atoms with van der Waals surface area (Å²) in [6.45, 7) is 0.300. The van der Waals surface area contributed by atoms with Crippen molar-refractivity contribution in [3.05, 3.63) is 41.7 Å². The van der Waals surface area contributed by atoms with Crippen LogP contribution in [0.5, 0.6) is 0 Å². The van der Waals surface area contributed by atoms with Crippen LogP contribution in [-0.4, -0.2) is 15.0 Å². The molecule has 1 heterocycles. The van der Waals surface area contributed by atoms with E-state index in [0.29, 0.717) is 12.2 Å². The standard InChI is InChI=1S/C10H10F2N4/c1-16-6-8(14-15-16)5-13-10-4-7(11)2-3-9(10)12/h2-4,6,13H,5H2,1H3. The SMILES string of the molecule is Cn1cc(CNc2cc(F)ccc2F)nn1. The highest BCUT2D eigenvalue weighted by atomic mass is 19.1. The number of anilines is 1. The van der Waals surface area contributed by atoms with Crippen LogP contribution in [0.4, 0.5) is 14.5 Å². The Bertz CT molecular complexity index is 495. The molecule has 2 rings (SSSR count). The second-order valence-electron chi connectivity index (χ2n) is 3.36. The minimum absolute atomic E-state index is 0.116. The number of aryl methyl sites for hydroxylation is 1. The van der Waals surface area contributed by atoms with Crippen LogP contribution in [0.25, 0.3) is 0 Å². The van der Waals surface area contributed by atoms with E-state index in [9.17, 15) is 8.78 Å². The largest absolute Gasteiger partial charge is 0.377 e. The first-order valence-corrected chi connectivity index (χ1v) is 4.69. The lowest BCUT2D eigenvalue weighted by Gasteiger charge is -2.05. The third kappa shape index (κ3) is 2.33. The molecule has 0 spiro atoms. The molecule has 2 aromatic rings. The van der Waals surface area contributed by atoms with Gasteiger partial charge in [0.05, 0.1) is 12.2 Å². The van der Waals surface area contributed by atoms with E-state index in [1.165, 1.54) is 0 Å². The van der Waals surface area contributed by atoms with Crippen LogP contribution in [0.3, 0.4) is 0 Å². The third-order valence-corrected chi connectivity index (χ3v) is 2.04. The molecular formula is C10H10F2N4. The normalized spacial score (nSPS) is 10.4. The van der Waals surface area contributed by atoms with Crippen molar-refractivity contribution in [1.82, 2.24) is 15.0 Å². The lowest BCUT2D eigenvalue weighted by atomic mass is 10.3. The zero-order chi connectivity index (χ0) is 11.5. The van der Waals surface area contributed by atoms with Crippen molar-refractivity contribution in [3.8, 4) is 0 Å². The maximum absolute atomic E-state index is 13.2. The summed E-state index contributed by atoms with van der Waals surface area (Å²) < 4.78 is 27.6. The number of benzene rings is 1. The number of nitrogens with zero attached hydrogens (tertiary/aromatic N) is 3. The molecule has 1 N–H and O–H groups in total. The van der Waals surface area contributed by atoms with E-state index in [4.69, 9.17) is 0 Å². The van der Waals surface area contributed by atoms with Crippen LogP contribution < -0.4 is 5.32 Å². The first-order chi connectivity index (χ1) is 7.65. The average molecular weight is 224 g/mol. The molecule has 4 nitrogen and oxygen atoms in total. The zero-order valence-electron chi connectivity index (χ0n) is 8.61. The van der Waals surface area contributed by atoms with Gasteiger partial charge in [0.25, 0.3) is 0 Å². The molecule has 0 saturated heterocycles. The average Bonchev–Trinajstić information content (AvgIpc) is 2.66. The van der Waals surface area contributed by atoms with E-state index in [1.807, 2.05) is 0 Å². The Balaban J connectivity index is 2.07. The van der Waals surface area contributed by atoms with Crippen molar-refractivity contribution in [2.45, 2.75) is 6.54 Å². The summed E-state index contributed by atoms with van der Waals surface area (Å²) in [6.07, 6.45) is 1.70. The summed E-state index contributed by atoms with van der Waals surface area (Å²) in [4.78, 5) is 0. The van der Waals surface area contributed by atoms with Crippen molar-refractivity contribution in [2.75, 3.05) is 5.32 Å². The summed E-state index contributed by atoms with van der Waals surface area (Å²) in [5.74, 6) is -0.978. The highest BCUT2D eigenvalue weighted by molar-refractivity contribution is 5.44. The Morgan fingerprint density at radius 2 is 2.19 bits per heavy atom. The van der Waals surface area contributed by atoms with Gasteiger partial charge in [0.15, 0.2) is 0 Å². The number of aromatic nitrogens is 3. The number of halogens is 2. The van der Waals surface area contributed by atoms with Gasteiger partial charge in [0, 0.05) is 13.2 Å². The first kappa shape index (κ1) is 10.5. The Morgan fingerprint density at radius 1 is 1.38 bits per heavy atom. The monoisotopic (exact) mass is 224 g/mol. The minimum atomic E-state index is -0.495. The molecule has 0 aliphatic heterocycles. The number of hydrogen-bond donors (Lipinski definition) is 1. The van der Waals surface area contributed by atoms with E-state index in [1.54, 1.807) is 17.9 Å². The van der Waals surface area contributed by atoms with Crippen LogP contribution in [0.1, 0.15) is 5.69 Å². The Morgan fingerprint density at radius 3 is 2.88 bits per heavy atom. The third-order valence-electron chi connectivity index (χ3n) is 2.04. The molecule has 0 unspecified atom stereocenters. The predicted octanol–water partition coefficient (Wildman–Crippen LogP) is 1.71. The van der Waals surface area contributed by atoms with Gasteiger partial charge < -0.3 is 5.32 Å². The second-order valence-corrected chi connectivity index (χ2v) is 3.36. The smallest absolute Gasteiger partial charge is 0.146 e. The van der Waals surface area contributed by atoms with Gasteiger partial charge in [-0.15, -0.1) is 5.10 Å². The summed E-state index contributed by atoms with van der Waals surface area (Å²) in [5.41, 5.74) is 0.775. The minimum Gasteiger partial charge on any atom is -0.377 e. The molecule has 0 amide bonds. The molecule has 0 radical (unpaired) electrons. The molecule has 6 heteroatoms. The van der Waals surface area contributed by atoms with Crippen LogP contribution in [0, 0.1) is 11.6 Å². The number of hydrogen-bond acceptors (Lipinski definition) is 3. The van der Waals surface area contributed by atoms with Gasteiger partial charge >= 0.3 is 0 Å². The second kappa shape index (κ2) is 4.26. The van der Waals surface area contributed by atoms with E-state index >= 15 is 0 Å². The summed E-state index contributed by atoms with van der Waals surface area (Å²) >= 11 is 0. The number of rotatable bonds is 3. The fourth-order valence-electron chi connectivity index (χ4n) is 1.30. The van der Waals surface area contributed by atoms with Crippen molar-refractivity contribution in [2.24, 2.45) is 7.05 Å². The Hall–Kier alpha value is -1.98. The summed E-state index contributed by atoms with van der Waals surface area (Å²) in [5, 5.41) is 10.3. The van der Waals surface area contributed by atoms with E-state index in [2.05, 4.69) is 15.6 Å². The fourth-order valence-corrected chi connectivity index (χ4v) is 1.30. The lowest BCUT2D eigenvalue weighted by Crippen LogP contribution is -2.02. The van der Waals surface area contributed by atoms with Gasteiger partial charge in [0.1, 0.15) is 17.3 Å². The predicted molar refractivity (Wildman–Crippen MR) is 54.7 cm³/mol. The van der Waals surface area contributed by atoms with Crippen LogP contribution >= 0.6 is 0 Å². The molecule has 0 atom stereocenters. The molecule has 16 heavy (non-hydrogen) atoms. The van der Waals surface area contributed by atoms with E-state index in [0.717, 1.165) is 18.2 Å². The van der Waals surface area contributed by atoms with Crippen molar-refractivity contribution >= 4 is 5.69 Å². The maximum Gasteiger partial charge on any atom is 0.146 e. The molecule has 0 saturated carbocycles. The molecule has 1 aromatic heterocycles. The molecule has 0 fully saturated rings.